The molecule has 4 heteroatoms. The molecule has 0 aliphatic heterocycles. The van der Waals surface area contributed by atoms with Crippen molar-refractivity contribution in [3.05, 3.63) is 0 Å². The molecule has 0 aliphatic carbocycles. The second-order valence-corrected chi connectivity index (χ2v) is 3.64. The van der Waals surface area contributed by atoms with Gasteiger partial charge in [-0.3, -0.25) is 4.79 Å². The van der Waals surface area contributed by atoms with E-state index in [-0.39, 0.29) is 11.9 Å². The Hall–Kier alpha value is -0.220. The molecule has 1 atom stereocenters. The van der Waals surface area contributed by atoms with Gasteiger partial charge in [-0.25, -0.2) is 0 Å². The Kier molecular flexibility index (Phi) is 7.29. The standard InChI is InChI=1S/C8H18N2OS/c1-3-7(6-9)10-8(11)4-5-12-2/h7H,3-6,9H2,1-2H3,(H,10,11). The number of nitrogens with one attached hydrogen (secondary N) is 1. The van der Waals surface area contributed by atoms with Crippen molar-refractivity contribution in [2.24, 2.45) is 5.73 Å². The van der Waals surface area contributed by atoms with Crippen LogP contribution in [0.3, 0.4) is 0 Å². The van der Waals surface area contributed by atoms with Crippen LogP contribution in [0.5, 0.6) is 0 Å². The number of hydrogen-bond acceptors (Lipinski definition) is 3. The summed E-state index contributed by atoms with van der Waals surface area (Å²) in [5.74, 6) is 0.994. The third-order valence-corrected chi connectivity index (χ3v) is 2.29. The van der Waals surface area contributed by atoms with E-state index in [1.165, 1.54) is 0 Å². The molecule has 72 valence electrons. The summed E-state index contributed by atoms with van der Waals surface area (Å²) in [6.07, 6.45) is 3.49. The topological polar surface area (TPSA) is 55.1 Å². The molecule has 0 spiro atoms. The lowest BCUT2D eigenvalue weighted by Gasteiger charge is -2.13. The van der Waals surface area contributed by atoms with Crippen LogP contribution in [0.25, 0.3) is 0 Å². The van der Waals surface area contributed by atoms with Crippen LogP contribution in [0.15, 0.2) is 0 Å². The summed E-state index contributed by atoms with van der Waals surface area (Å²) >= 11 is 1.68. The Morgan fingerprint density at radius 2 is 2.33 bits per heavy atom. The van der Waals surface area contributed by atoms with E-state index in [2.05, 4.69) is 5.32 Å². The Morgan fingerprint density at radius 3 is 2.75 bits per heavy atom. The predicted octanol–water partition coefficient (Wildman–Crippen LogP) is 0.593. The van der Waals surface area contributed by atoms with Gasteiger partial charge >= 0.3 is 0 Å². The largest absolute Gasteiger partial charge is 0.352 e. The van der Waals surface area contributed by atoms with Crippen molar-refractivity contribution in [2.45, 2.75) is 25.8 Å². The first kappa shape index (κ1) is 11.8. The van der Waals surface area contributed by atoms with E-state index >= 15 is 0 Å². The maximum atomic E-state index is 11.2. The molecule has 1 amide bonds. The number of nitrogens with two attached hydrogens (primary N) is 1. The van der Waals surface area contributed by atoms with Gasteiger partial charge in [-0.2, -0.15) is 11.8 Å². The monoisotopic (exact) mass is 190 g/mol. The van der Waals surface area contributed by atoms with Crippen molar-refractivity contribution < 1.29 is 4.79 Å². The number of hydrogen-bond donors (Lipinski definition) is 2. The molecule has 3 N–H and O–H groups in total. The molecular weight excluding hydrogens is 172 g/mol. The van der Waals surface area contributed by atoms with Gasteiger partial charge in [-0.1, -0.05) is 6.92 Å². The summed E-state index contributed by atoms with van der Waals surface area (Å²) in [7, 11) is 0. The minimum absolute atomic E-state index is 0.113. The molecule has 0 radical (unpaired) electrons. The second kappa shape index (κ2) is 7.43. The quantitative estimate of drug-likeness (QED) is 0.644. The maximum absolute atomic E-state index is 11.2. The van der Waals surface area contributed by atoms with Crippen molar-refractivity contribution in [3.8, 4) is 0 Å². The van der Waals surface area contributed by atoms with Gasteiger partial charge in [0.2, 0.25) is 5.91 Å². The Labute approximate surface area is 78.5 Å². The first-order chi connectivity index (χ1) is 5.74. The van der Waals surface area contributed by atoms with Crippen LogP contribution < -0.4 is 11.1 Å². The average molecular weight is 190 g/mol. The van der Waals surface area contributed by atoms with Gasteiger partial charge in [0.1, 0.15) is 0 Å². The molecule has 0 bridgehead atoms. The van der Waals surface area contributed by atoms with E-state index in [4.69, 9.17) is 5.73 Å². The van der Waals surface area contributed by atoms with E-state index in [9.17, 15) is 4.79 Å². The van der Waals surface area contributed by atoms with E-state index in [1.54, 1.807) is 11.8 Å². The van der Waals surface area contributed by atoms with Crippen LogP contribution in [0, 0.1) is 0 Å². The van der Waals surface area contributed by atoms with Crippen LogP contribution in [0.2, 0.25) is 0 Å². The molecule has 3 nitrogen and oxygen atoms in total. The zero-order valence-electron chi connectivity index (χ0n) is 7.80. The smallest absolute Gasteiger partial charge is 0.221 e. The molecular formula is C8H18N2OS. The summed E-state index contributed by atoms with van der Waals surface area (Å²) in [4.78, 5) is 11.2. The molecule has 0 rings (SSSR count). The lowest BCUT2D eigenvalue weighted by Crippen LogP contribution is -2.39. The van der Waals surface area contributed by atoms with E-state index < -0.39 is 0 Å². The van der Waals surface area contributed by atoms with E-state index in [0.29, 0.717) is 13.0 Å². The van der Waals surface area contributed by atoms with Gasteiger partial charge in [0.05, 0.1) is 0 Å². The average Bonchev–Trinajstić information content (AvgIpc) is 2.10. The van der Waals surface area contributed by atoms with Gasteiger partial charge in [0.15, 0.2) is 0 Å². The van der Waals surface area contributed by atoms with Crippen molar-refractivity contribution in [2.75, 3.05) is 18.6 Å². The minimum Gasteiger partial charge on any atom is -0.352 e. The van der Waals surface area contributed by atoms with E-state index in [0.717, 1.165) is 12.2 Å². The molecule has 0 saturated heterocycles. The Morgan fingerprint density at radius 1 is 1.67 bits per heavy atom. The third kappa shape index (κ3) is 5.43. The summed E-state index contributed by atoms with van der Waals surface area (Å²) in [6, 6.07) is 0.152. The second-order valence-electron chi connectivity index (χ2n) is 2.65. The highest BCUT2D eigenvalue weighted by molar-refractivity contribution is 7.98. The van der Waals surface area contributed by atoms with Crippen molar-refractivity contribution in [1.82, 2.24) is 5.32 Å². The SMILES string of the molecule is CCC(CN)NC(=O)CCSC. The first-order valence-corrected chi connectivity index (χ1v) is 5.62. The number of rotatable bonds is 6. The summed E-state index contributed by atoms with van der Waals surface area (Å²) in [6.45, 7) is 2.55. The lowest BCUT2D eigenvalue weighted by molar-refractivity contribution is -0.121. The Bertz CT molecular complexity index is 126. The van der Waals surface area contributed by atoms with Gasteiger partial charge in [-0.15, -0.1) is 0 Å². The van der Waals surface area contributed by atoms with Gasteiger partial charge in [0, 0.05) is 24.8 Å². The molecule has 0 aliphatic rings. The highest BCUT2D eigenvalue weighted by Gasteiger charge is 2.06. The predicted molar refractivity (Wildman–Crippen MR) is 54.3 cm³/mol. The van der Waals surface area contributed by atoms with Gasteiger partial charge in [0.25, 0.3) is 0 Å². The fourth-order valence-electron chi connectivity index (χ4n) is 0.822. The number of thioether (sulfide) groups is 1. The molecule has 0 aromatic carbocycles. The number of amides is 1. The van der Waals surface area contributed by atoms with Crippen LogP contribution in [0.1, 0.15) is 19.8 Å². The summed E-state index contributed by atoms with van der Waals surface area (Å²) in [5, 5.41) is 2.87. The van der Waals surface area contributed by atoms with Crippen LogP contribution in [0.4, 0.5) is 0 Å². The number of carbonyl (C=O) groups excluding carboxylic acids is 1. The molecule has 12 heavy (non-hydrogen) atoms. The van der Waals surface area contributed by atoms with E-state index in [1.807, 2.05) is 13.2 Å². The zero-order chi connectivity index (χ0) is 9.40. The summed E-state index contributed by atoms with van der Waals surface area (Å²) in [5.41, 5.74) is 5.44. The van der Waals surface area contributed by atoms with Crippen molar-refractivity contribution in [3.63, 3.8) is 0 Å². The Balaban J connectivity index is 3.52. The molecule has 0 heterocycles. The molecule has 0 fully saturated rings. The first-order valence-electron chi connectivity index (χ1n) is 4.23. The maximum Gasteiger partial charge on any atom is 0.221 e. The third-order valence-electron chi connectivity index (χ3n) is 1.68. The van der Waals surface area contributed by atoms with Gasteiger partial charge in [-0.05, 0) is 12.7 Å². The van der Waals surface area contributed by atoms with Crippen LogP contribution >= 0.6 is 11.8 Å². The highest BCUT2D eigenvalue weighted by atomic mass is 32.2. The van der Waals surface area contributed by atoms with Gasteiger partial charge < -0.3 is 11.1 Å². The number of carbonyl (C=O) groups is 1. The lowest BCUT2D eigenvalue weighted by atomic mass is 10.2. The van der Waals surface area contributed by atoms with Crippen molar-refractivity contribution in [1.29, 1.82) is 0 Å². The zero-order valence-corrected chi connectivity index (χ0v) is 8.62. The molecule has 0 saturated carbocycles. The highest BCUT2D eigenvalue weighted by Crippen LogP contribution is 1.96. The molecule has 0 aromatic rings. The van der Waals surface area contributed by atoms with Crippen LogP contribution in [-0.4, -0.2) is 30.5 Å². The normalized spacial score (nSPS) is 12.6. The summed E-state index contributed by atoms with van der Waals surface area (Å²) < 4.78 is 0. The molecule has 1 unspecified atom stereocenters. The minimum atomic E-state index is 0.113. The van der Waals surface area contributed by atoms with Crippen molar-refractivity contribution >= 4 is 17.7 Å². The van der Waals surface area contributed by atoms with Crippen LogP contribution in [-0.2, 0) is 4.79 Å². The fraction of sp³-hybridized carbons (Fsp3) is 0.875. The fourth-order valence-corrected chi connectivity index (χ4v) is 1.21. The molecule has 0 aromatic heterocycles.